The predicted molar refractivity (Wildman–Crippen MR) is 94.0 cm³/mol. The summed E-state index contributed by atoms with van der Waals surface area (Å²) in [6.45, 7) is 4.52. The molecule has 2 unspecified atom stereocenters. The average Bonchev–Trinajstić information content (AvgIpc) is 2.56. The van der Waals surface area contributed by atoms with E-state index < -0.39 is 0 Å². The van der Waals surface area contributed by atoms with Crippen molar-refractivity contribution in [1.82, 2.24) is 14.9 Å². The number of hydrogen-bond donors (Lipinski definition) is 2. The lowest BCUT2D eigenvalue weighted by atomic mass is 9.89. The maximum Gasteiger partial charge on any atom is 0.156 e. The number of aromatic nitrogens is 2. The van der Waals surface area contributed by atoms with Crippen LogP contribution in [0, 0.1) is 6.92 Å². The Labute approximate surface area is 144 Å². The Balaban J connectivity index is 1.53. The van der Waals surface area contributed by atoms with Gasteiger partial charge in [0, 0.05) is 44.0 Å². The standard InChI is InChI=1S/C18H30N4O2/c1-13-11-17(21-18(19-13)12-24-2)20-14-7-9-22(10-8-14)15-5-3-4-6-16(15)23/h11,14-16,23H,3-10,12H2,1-2H3,(H,19,20,21). The minimum Gasteiger partial charge on any atom is -0.391 e. The fourth-order valence-electron chi connectivity index (χ4n) is 4.00. The number of rotatable bonds is 5. The van der Waals surface area contributed by atoms with Crippen molar-refractivity contribution in [2.75, 3.05) is 25.5 Å². The number of anilines is 1. The predicted octanol–water partition coefficient (Wildman–Crippen LogP) is 2.11. The molecule has 2 N–H and O–H groups in total. The highest BCUT2D eigenvalue weighted by atomic mass is 16.5. The zero-order chi connectivity index (χ0) is 16.9. The second-order valence-corrected chi connectivity index (χ2v) is 7.12. The summed E-state index contributed by atoms with van der Waals surface area (Å²) in [6, 6.07) is 2.80. The molecule has 1 aromatic rings. The number of ether oxygens (including phenoxy) is 1. The molecule has 1 aliphatic carbocycles. The third-order valence-electron chi connectivity index (χ3n) is 5.22. The van der Waals surface area contributed by atoms with Gasteiger partial charge in [-0.2, -0.15) is 0 Å². The molecule has 6 heteroatoms. The first-order chi connectivity index (χ1) is 11.7. The lowest BCUT2D eigenvalue weighted by Crippen LogP contribution is -2.50. The van der Waals surface area contributed by atoms with Gasteiger partial charge in [-0.05, 0) is 32.6 Å². The molecule has 0 amide bonds. The van der Waals surface area contributed by atoms with Crippen LogP contribution in [-0.2, 0) is 11.3 Å². The fourth-order valence-corrected chi connectivity index (χ4v) is 4.00. The van der Waals surface area contributed by atoms with E-state index in [-0.39, 0.29) is 6.10 Å². The van der Waals surface area contributed by atoms with Crippen LogP contribution in [0.3, 0.4) is 0 Å². The number of methoxy groups -OCH3 is 1. The number of hydrogen-bond acceptors (Lipinski definition) is 6. The SMILES string of the molecule is COCc1nc(C)cc(NC2CCN(C3CCCCC3O)CC2)n1. The first kappa shape index (κ1) is 17.6. The van der Waals surface area contributed by atoms with Crippen LogP contribution in [0.4, 0.5) is 5.82 Å². The van der Waals surface area contributed by atoms with Crippen molar-refractivity contribution in [2.24, 2.45) is 0 Å². The quantitative estimate of drug-likeness (QED) is 0.859. The van der Waals surface area contributed by atoms with Gasteiger partial charge in [-0.1, -0.05) is 12.8 Å². The van der Waals surface area contributed by atoms with E-state index in [1.54, 1.807) is 7.11 Å². The van der Waals surface area contributed by atoms with E-state index in [0.29, 0.717) is 18.7 Å². The topological polar surface area (TPSA) is 70.5 Å². The van der Waals surface area contributed by atoms with E-state index in [1.165, 1.54) is 12.8 Å². The molecule has 2 aliphatic rings. The zero-order valence-electron chi connectivity index (χ0n) is 14.9. The van der Waals surface area contributed by atoms with Gasteiger partial charge in [-0.3, -0.25) is 4.90 Å². The molecule has 1 saturated heterocycles. The first-order valence-corrected chi connectivity index (χ1v) is 9.18. The zero-order valence-corrected chi connectivity index (χ0v) is 14.9. The maximum absolute atomic E-state index is 10.2. The molecule has 1 aromatic heterocycles. The average molecular weight is 334 g/mol. The Kier molecular flexibility index (Phi) is 6.03. The minimum absolute atomic E-state index is 0.135. The third-order valence-corrected chi connectivity index (χ3v) is 5.22. The number of aryl methyl sites for hydroxylation is 1. The van der Waals surface area contributed by atoms with E-state index in [1.807, 2.05) is 13.0 Å². The van der Waals surface area contributed by atoms with Crippen molar-refractivity contribution in [3.05, 3.63) is 17.6 Å². The molecule has 1 saturated carbocycles. The number of likely N-dealkylation sites (tertiary alicyclic amines) is 1. The Morgan fingerprint density at radius 1 is 1.21 bits per heavy atom. The fraction of sp³-hybridized carbons (Fsp3) is 0.778. The van der Waals surface area contributed by atoms with Crippen LogP contribution >= 0.6 is 0 Å². The van der Waals surface area contributed by atoms with Crippen LogP contribution in [0.25, 0.3) is 0 Å². The highest BCUT2D eigenvalue weighted by Gasteiger charge is 2.31. The summed E-state index contributed by atoms with van der Waals surface area (Å²) in [6.07, 6.45) is 6.58. The molecule has 0 spiro atoms. The molecule has 24 heavy (non-hydrogen) atoms. The molecule has 0 radical (unpaired) electrons. The van der Waals surface area contributed by atoms with E-state index in [2.05, 4.69) is 20.2 Å². The summed E-state index contributed by atoms with van der Waals surface area (Å²) in [5.74, 6) is 1.62. The molecule has 3 rings (SSSR count). The van der Waals surface area contributed by atoms with Crippen LogP contribution in [0.5, 0.6) is 0 Å². The summed E-state index contributed by atoms with van der Waals surface area (Å²) < 4.78 is 5.14. The molecule has 2 fully saturated rings. The Morgan fingerprint density at radius 2 is 1.96 bits per heavy atom. The lowest BCUT2D eigenvalue weighted by molar-refractivity contribution is 0.00992. The number of aliphatic hydroxyl groups excluding tert-OH is 1. The first-order valence-electron chi connectivity index (χ1n) is 9.18. The summed E-state index contributed by atoms with van der Waals surface area (Å²) in [5, 5.41) is 13.8. The minimum atomic E-state index is -0.135. The van der Waals surface area contributed by atoms with Gasteiger partial charge in [0.05, 0.1) is 6.10 Å². The molecule has 6 nitrogen and oxygen atoms in total. The van der Waals surface area contributed by atoms with Gasteiger partial charge in [0.2, 0.25) is 0 Å². The van der Waals surface area contributed by atoms with Crippen molar-refractivity contribution in [3.8, 4) is 0 Å². The Bertz CT molecular complexity index is 532. The molecule has 0 bridgehead atoms. The van der Waals surface area contributed by atoms with E-state index >= 15 is 0 Å². The molecule has 2 heterocycles. The summed E-state index contributed by atoms with van der Waals surface area (Å²) in [4.78, 5) is 11.4. The number of aliphatic hydroxyl groups is 1. The molecular formula is C18H30N4O2. The van der Waals surface area contributed by atoms with Gasteiger partial charge in [0.1, 0.15) is 12.4 Å². The number of nitrogens with zero attached hydrogens (tertiary/aromatic N) is 3. The van der Waals surface area contributed by atoms with Crippen molar-refractivity contribution >= 4 is 5.82 Å². The van der Waals surface area contributed by atoms with Crippen LogP contribution in [0.2, 0.25) is 0 Å². The second-order valence-electron chi connectivity index (χ2n) is 7.12. The van der Waals surface area contributed by atoms with E-state index in [4.69, 9.17) is 4.74 Å². The maximum atomic E-state index is 10.2. The monoisotopic (exact) mass is 334 g/mol. The van der Waals surface area contributed by atoms with Crippen molar-refractivity contribution < 1.29 is 9.84 Å². The van der Waals surface area contributed by atoms with Gasteiger partial charge in [-0.25, -0.2) is 9.97 Å². The van der Waals surface area contributed by atoms with Crippen LogP contribution in [0.15, 0.2) is 6.07 Å². The highest BCUT2D eigenvalue weighted by Crippen LogP contribution is 2.26. The highest BCUT2D eigenvalue weighted by molar-refractivity contribution is 5.37. The largest absolute Gasteiger partial charge is 0.391 e. The van der Waals surface area contributed by atoms with Gasteiger partial charge in [-0.15, -0.1) is 0 Å². The molecule has 134 valence electrons. The normalized spacial score (nSPS) is 26.5. The smallest absolute Gasteiger partial charge is 0.156 e. The van der Waals surface area contributed by atoms with Crippen molar-refractivity contribution in [3.63, 3.8) is 0 Å². The van der Waals surface area contributed by atoms with Crippen LogP contribution in [0.1, 0.15) is 50.0 Å². The lowest BCUT2D eigenvalue weighted by Gasteiger charge is -2.41. The molecule has 1 aliphatic heterocycles. The van der Waals surface area contributed by atoms with Gasteiger partial charge in [0.15, 0.2) is 5.82 Å². The Hall–Kier alpha value is -1.24. The van der Waals surface area contributed by atoms with E-state index in [9.17, 15) is 5.11 Å². The number of piperidine rings is 1. The van der Waals surface area contributed by atoms with Crippen LogP contribution in [-0.4, -0.2) is 58.4 Å². The van der Waals surface area contributed by atoms with Crippen molar-refractivity contribution in [1.29, 1.82) is 0 Å². The van der Waals surface area contributed by atoms with Crippen LogP contribution < -0.4 is 5.32 Å². The summed E-state index contributed by atoms with van der Waals surface area (Å²) in [7, 11) is 1.66. The Morgan fingerprint density at radius 3 is 2.67 bits per heavy atom. The van der Waals surface area contributed by atoms with E-state index in [0.717, 1.165) is 56.1 Å². The third kappa shape index (κ3) is 4.43. The number of nitrogens with one attached hydrogen (secondary N) is 1. The van der Waals surface area contributed by atoms with Gasteiger partial charge in [0.25, 0.3) is 0 Å². The molecular weight excluding hydrogens is 304 g/mol. The summed E-state index contributed by atoms with van der Waals surface area (Å²) in [5.41, 5.74) is 0.960. The molecule has 0 aromatic carbocycles. The second kappa shape index (κ2) is 8.23. The van der Waals surface area contributed by atoms with Gasteiger partial charge >= 0.3 is 0 Å². The van der Waals surface area contributed by atoms with Gasteiger partial charge < -0.3 is 15.2 Å². The summed E-state index contributed by atoms with van der Waals surface area (Å²) >= 11 is 0. The van der Waals surface area contributed by atoms with Crippen molar-refractivity contribution in [2.45, 2.75) is 70.2 Å². The molecule has 2 atom stereocenters.